The van der Waals surface area contributed by atoms with Gasteiger partial charge in [-0.05, 0) is 69.7 Å². The van der Waals surface area contributed by atoms with Crippen molar-refractivity contribution in [1.29, 1.82) is 0 Å². The first-order valence-electron chi connectivity index (χ1n) is 9.46. The maximum atomic E-state index is 12.8. The molecule has 1 aliphatic rings. The number of carbonyl (C=O) groups is 3. The normalized spacial score (nSPS) is 15.8. The van der Waals surface area contributed by atoms with Crippen LogP contribution in [0.3, 0.4) is 0 Å². The van der Waals surface area contributed by atoms with E-state index in [-0.39, 0.29) is 12.5 Å². The van der Waals surface area contributed by atoms with Gasteiger partial charge in [-0.25, -0.2) is 9.79 Å². The summed E-state index contributed by atoms with van der Waals surface area (Å²) in [5, 5.41) is 0.459. The molecule has 0 spiro atoms. The molecule has 0 radical (unpaired) electrons. The van der Waals surface area contributed by atoms with Crippen molar-refractivity contribution in [3.8, 4) is 11.5 Å². The van der Waals surface area contributed by atoms with Crippen LogP contribution in [0.2, 0.25) is 0 Å². The smallest absolute Gasteiger partial charge is 0.337 e. The Hall–Kier alpha value is -3.31. The average molecular weight is 534 g/mol. The van der Waals surface area contributed by atoms with Crippen molar-refractivity contribution >= 4 is 62.4 Å². The van der Waals surface area contributed by atoms with Crippen LogP contribution in [0.25, 0.3) is 6.08 Å². The molecule has 0 unspecified atom stereocenters. The van der Waals surface area contributed by atoms with Gasteiger partial charge in [0.05, 0.1) is 34.8 Å². The number of carbonyl (C=O) groups excluding carboxylic acids is 3. The van der Waals surface area contributed by atoms with E-state index in [0.29, 0.717) is 42.9 Å². The summed E-state index contributed by atoms with van der Waals surface area (Å²) in [6.45, 7) is -0.300. The summed E-state index contributed by atoms with van der Waals surface area (Å²) in [5.41, 5.74) is 6.69. The van der Waals surface area contributed by atoms with Crippen LogP contribution < -0.4 is 15.2 Å². The first kappa shape index (κ1) is 24.3. The summed E-state index contributed by atoms with van der Waals surface area (Å²) in [5.74, 6) is -0.616. The molecule has 172 valence electrons. The molecule has 11 heteroatoms. The molecule has 0 atom stereocenters. The van der Waals surface area contributed by atoms with E-state index >= 15 is 0 Å². The lowest BCUT2D eigenvalue weighted by molar-refractivity contribution is -0.121. The number of halogens is 1. The molecular weight excluding hydrogens is 514 g/mol. The Kier molecular flexibility index (Phi) is 7.77. The van der Waals surface area contributed by atoms with Crippen LogP contribution in [0.5, 0.6) is 11.5 Å². The molecule has 1 saturated heterocycles. The Morgan fingerprint density at radius 3 is 2.67 bits per heavy atom. The molecule has 2 N–H and O–H groups in total. The second kappa shape index (κ2) is 10.5. The van der Waals surface area contributed by atoms with Gasteiger partial charge in [0.25, 0.3) is 11.8 Å². The average Bonchev–Trinajstić information content (AvgIpc) is 3.05. The minimum absolute atomic E-state index is 0.230. The van der Waals surface area contributed by atoms with Crippen molar-refractivity contribution in [2.75, 3.05) is 27.9 Å². The monoisotopic (exact) mass is 533 g/mol. The molecule has 1 aliphatic heterocycles. The van der Waals surface area contributed by atoms with Crippen molar-refractivity contribution in [2.24, 2.45) is 10.7 Å². The van der Waals surface area contributed by atoms with Crippen molar-refractivity contribution in [3.63, 3.8) is 0 Å². The number of hydrogen-bond donors (Lipinski definition) is 1. The van der Waals surface area contributed by atoms with Crippen LogP contribution in [0, 0.1) is 0 Å². The summed E-state index contributed by atoms with van der Waals surface area (Å²) < 4.78 is 16.0. The zero-order chi connectivity index (χ0) is 24.1. The van der Waals surface area contributed by atoms with Crippen molar-refractivity contribution in [3.05, 3.63) is 56.9 Å². The van der Waals surface area contributed by atoms with Crippen LogP contribution >= 0.6 is 27.7 Å². The zero-order valence-corrected chi connectivity index (χ0v) is 20.4. The number of nitrogens with two attached hydrogens (primary N) is 1. The number of amidine groups is 1. The van der Waals surface area contributed by atoms with Gasteiger partial charge in [-0.1, -0.05) is 6.07 Å². The molecule has 2 aromatic carbocycles. The van der Waals surface area contributed by atoms with Gasteiger partial charge in [0, 0.05) is 7.05 Å². The van der Waals surface area contributed by atoms with E-state index in [9.17, 15) is 14.4 Å². The summed E-state index contributed by atoms with van der Waals surface area (Å²) in [6.07, 6.45) is 1.70. The second-order valence-electron chi connectivity index (χ2n) is 6.70. The number of nitrogens with zero attached hydrogens (tertiary/aromatic N) is 2. The molecular formula is C22H20BrN3O6S. The Bertz CT molecular complexity index is 1180. The van der Waals surface area contributed by atoms with Crippen molar-refractivity contribution in [2.45, 2.75) is 0 Å². The van der Waals surface area contributed by atoms with Gasteiger partial charge in [0.15, 0.2) is 23.3 Å². The molecule has 0 aliphatic carbocycles. The van der Waals surface area contributed by atoms with Gasteiger partial charge >= 0.3 is 5.97 Å². The molecule has 3 rings (SSSR count). The SMILES string of the molecule is COC(=O)c1cccc(N=C2SC(=Cc3cc(Br)c(OCC(N)=O)c(OC)c3)C(=O)N2C)c1. The number of esters is 1. The highest BCUT2D eigenvalue weighted by Gasteiger charge is 2.30. The Labute approximate surface area is 202 Å². The highest BCUT2D eigenvalue weighted by atomic mass is 79.9. The fourth-order valence-electron chi connectivity index (χ4n) is 2.84. The molecule has 2 amide bonds. The third kappa shape index (κ3) is 5.74. The number of benzene rings is 2. The van der Waals surface area contributed by atoms with Gasteiger partial charge in [0.1, 0.15) is 0 Å². The van der Waals surface area contributed by atoms with E-state index in [1.807, 2.05) is 0 Å². The number of amides is 2. The highest BCUT2D eigenvalue weighted by molar-refractivity contribution is 9.10. The van der Waals surface area contributed by atoms with Gasteiger partial charge < -0.3 is 19.9 Å². The van der Waals surface area contributed by atoms with Crippen LogP contribution in [0.1, 0.15) is 15.9 Å². The quantitative estimate of drug-likeness (QED) is 0.427. The number of aliphatic imine (C=N–C) groups is 1. The van der Waals surface area contributed by atoms with E-state index < -0.39 is 11.9 Å². The van der Waals surface area contributed by atoms with E-state index in [2.05, 4.69) is 20.9 Å². The third-order valence-corrected chi connectivity index (χ3v) is 6.05. The molecule has 1 heterocycles. The Morgan fingerprint density at radius 1 is 1.24 bits per heavy atom. The molecule has 0 saturated carbocycles. The summed E-state index contributed by atoms with van der Waals surface area (Å²) in [4.78, 5) is 41.9. The third-order valence-electron chi connectivity index (χ3n) is 4.40. The number of likely N-dealkylation sites (N-methyl/N-ethyl adjacent to an activating group) is 1. The molecule has 1 fully saturated rings. The van der Waals surface area contributed by atoms with E-state index in [4.69, 9.17) is 19.9 Å². The molecule has 9 nitrogen and oxygen atoms in total. The lowest BCUT2D eigenvalue weighted by Crippen LogP contribution is -2.23. The van der Waals surface area contributed by atoms with Gasteiger partial charge in [0.2, 0.25) is 0 Å². The van der Waals surface area contributed by atoms with Gasteiger partial charge in [-0.15, -0.1) is 0 Å². The number of thioether (sulfide) groups is 1. The molecule has 33 heavy (non-hydrogen) atoms. The standard InChI is InChI=1S/C22H20BrN3O6S/c1-26-20(28)17(33-22(26)25-14-6-4-5-13(10-14)21(29)31-3)9-12-7-15(23)19(16(8-12)30-2)32-11-18(24)27/h4-10H,11H2,1-3H3,(H2,24,27). The van der Waals surface area contributed by atoms with Crippen LogP contribution in [0.15, 0.2) is 50.8 Å². The predicted molar refractivity (Wildman–Crippen MR) is 129 cm³/mol. The lowest BCUT2D eigenvalue weighted by Gasteiger charge is -2.12. The predicted octanol–water partition coefficient (Wildman–Crippen LogP) is 3.34. The first-order valence-corrected chi connectivity index (χ1v) is 11.1. The maximum absolute atomic E-state index is 12.8. The van der Waals surface area contributed by atoms with Crippen LogP contribution in [0.4, 0.5) is 5.69 Å². The molecule has 2 aromatic rings. The fraction of sp³-hybridized carbons (Fsp3) is 0.182. The van der Waals surface area contributed by atoms with E-state index in [1.54, 1.807) is 49.5 Å². The minimum Gasteiger partial charge on any atom is -0.493 e. The van der Waals surface area contributed by atoms with E-state index in [1.165, 1.54) is 30.9 Å². The van der Waals surface area contributed by atoms with Gasteiger partial charge in [-0.2, -0.15) is 0 Å². The minimum atomic E-state index is -0.616. The highest BCUT2D eigenvalue weighted by Crippen LogP contribution is 2.39. The fourth-order valence-corrected chi connectivity index (χ4v) is 4.40. The topological polar surface area (TPSA) is 121 Å². The second-order valence-corrected chi connectivity index (χ2v) is 8.56. The summed E-state index contributed by atoms with van der Waals surface area (Å²) in [6, 6.07) is 10.0. The summed E-state index contributed by atoms with van der Waals surface area (Å²) in [7, 11) is 4.39. The number of methoxy groups -OCH3 is 2. The number of primary amides is 1. The lowest BCUT2D eigenvalue weighted by atomic mass is 10.2. The van der Waals surface area contributed by atoms with Gasteiger partial charge in [-0.3, -0.25) is 14.5 Å². The Morgan fingerprint density at radius 2 is 2.00 bits per heavy atom. The van der Waals surface area contributed by atoms with Crippen LogP contribution in [-0.4, -0.2) is 55.7 Å². The number of rotatable bonds is 7. The van der Waals surface area contributed by atoms with E-state index in [0.717, 1.165) is 0 Å². The zero-order valence-electron chi connectivity index (χ0n) is 18.0. The largest absolute Gasteiger partial charge is 0.493 e. The number of hydrogen-bond acceptors (Lipinski definition) is 8. The van der Waals surface area contributed by atoms with Crippen LogP contribution in [-0.2, 0) is 14.3 Å². The molecule has 0 bridgehead atoms. The first-order chi connectivity index (χ1) is 15.7. The van der Waals surface area contributed by atoms with Crippen molar-refractivity contribution in [1.82, 2.24) is 4.90 Å². The molecule has 0 aromatic heterocycles. The Balaban J connectivity index is 1.89. The van der Waals surface area contributed by atoms with Crippen molar-refractivity contribution < 1.29 is 28.6 Å². The number of ether oxygens (including phenoxy) is 3. The maximum Gasteiger partial charge on any atom is 0.337 e. The summed E-state index contributed by atoms with van der Waals surface area (Å²) >= 11 is 4.59.